The zero-order chi connectivity index (χ0) is 28.1. The predicted molar refractivity (Wildman–Crippen MR) is 151 cm³/mol. The van der Waals surface area contributed by atoms with E-state index >= 15 is 0 Å². The van der Waals surface area contributed by atoms with E-state index in [1.165, 1.54) is 12.1 Å². The summed E-state index contributed by atoms with van der Waals surface area (Å²) in [6.07, 6.45) is -0.408. The highest BCUT2D eigenvalue weighted by molar-refractivity contribution is 7.89. The number of urea groups is 1. The van der Waals surface area contributed by atoms with Gasteiger partial charge in [-0.05, 0) is 53.1 Å². The SMILES string of the molecule is O=C(O)CC(NS(=O)(=O)c1cccc(-c2cccc(NC(=O)Nc3[nH]c4ccccc4[nH+]3)c2)c1)c1ccccc1. The van der Waals surface area contributed by atoms with E-state index in [4.69, 9.17) is 0 Å². The normalized spacial score (nSPS) is 12.1. The number of sulfonamides is 1. The van der Waals surface area contributed by atoms with Crippen LogP contribution in [-0.2, 0) is 14.8 Å². The maximum Gasteiger partial charge on any atom is 0.384 e. The van der Waals surface area contributed by atoms with Crippen LogP contribution in [0.25, 0.3) is 22.2 Å². The number of carbonyl (C=O) groups is 2. The number of imidazole rings is 1. The standard InChI is InChI=1S/C29H25N5O5S/c35-27(36)18-26(19-8-2-1-3-9-19)34-40(38,39)23-13-7-11-21(17-23)20-10-6-12-22(16-20)30-29(37)33-28-31-24-14-4-5-15-25(24)32-28/h1-17,26,34H,18H2,(H,35,36)(H3,30,31,32,33,37)/p+1. The molecule has 2 amide bonds. The number of carbonyl (C=O) groups excluding carboxylic acids is 1. The van der Waals surface area contributed by atoms with Crippen molar-refractivity contribution in [3.8, 4) is 11.1 Å². The molecule has 1 atom stereocenters. The molecular weight excluding hydrogens is 530 g/mol. The molecule has 1 unspecified atom stereocenters. The number of aliphatic carboxylic acids is 1. The highest BCUT2D eigenvalue weighted by Gasteiger charge is 2.24. The average molecular weight is 557 g/mol. The molecule has 0 aliphatic carbocycles. The number of hydrogen-bond acceptors (Lipinski definition) is 4. The summed E-state index contributed by atoms with van der Waals surface area (Å²) in [6, 6.07) is 28.0. The quantitative estimate of drug-likeness (QED) is 0.177. The van der Waals surface area contributed by atoms with Crippen LogP contribution < -0.4 is 20.3 Å². The molecule has 4 aromatic carbocycles. The zero-order valence-electron chi connectivity index (χ0n) is 21.1. The lowest BCUT2D eigenvalue weighted by molar-refractivity contribution is -0.326. The van der Waals surface area contributed by atoms with Gasteiger partial charge in [0.1, 0.15) is 11.0 Å². The highest BCUT2D eigenvalue weighted by atomic mass is 32.2. The van der Waals surface area contributed by atoms with Crippen LogP contribution in [0.15, 0.2) is 108 Å². The van der Waals surface area contributed by atoms with E-state index < -0.39 is 34.5 Å². The third-order valence-corrected chi connectivity index (χ3v) is 7.63. The Morgan fingerprint density at radius 2 is 1.52 bits per heavy atom. The lowest BCUT2D eigenvalue weighted by Gasteiger charge is -2.18. The molecule has 1 aromatic heterocycles. The van der Waals surface area contributed by atoms with Crippen molar-refractivity contribution in [2.24, 2.45) is 0 Å². The van der Waals surface area contributed by atoms with Gasteiger partial charge in [0.2, 0.25) is 10.0 Å². The van der Waals surface area contributed by atoms with E-state index in [-0.39, 0.29) is 4.90 Å². The van der Waals surface area contributed by atoms with Gasteiger partial charge in [0.15, 0.2) is 0 Å². The van der Waals surface area contributed by atoms with Crippen molar-refractivity contribution >= 4 is 44.7 Å². The molecule has 11 heteroatoms. The summed E-state index contributed by atoms with van der Waals surface area (Å²) in [5, 5.41) is 14.8. The van der Waals surface area contributed by atoms with E-state index in [0.717, 1.165) is 11.0 Å². The van der Waals surface area contributed by atoms with Crippen LogP contribution in [0.2, 0.25) is 0 Å². The zero-order valence-corrected chi connectivity index (χ0v) is 21.9. The van der Waals surface area contributed by atoms with Gasteiger partial charge in [-0.1, -0.05) is 66.7 Å². The second-order valence-corrected chi connectivity index (χ2v) is 10.8. The maximum absolute atomic E-state index is 13.3. The number of nitrogens with one attached hydrogen (secondary N) is 5. The third-order valence-electron chi connectivity index (χ3n) is 6.16. The van der Waals surface area contributed by atoms with Crippen molar-refractivity contribution < 1.29 is 28.1 Å². The van der Waals surface area contributed by atoms with Crippen LogP contribution in [0.3, 0.4) is 0 Å². The summed E-state index contributed by atoms with van der Waals surface area (Å²) in [6.45, 7) is 0. The Morgan fingerprint density at radius 3 is 2.27 bits per heavy atom. The number of carboxylic acids is 1. The van der Waals surface area contributed by atoms with Gasteiger partial charge >= 0.3 is 17.9 Å². The summed E-state index contributed by atoms with van der Waals surface area (Å²) < 4.78 is 29.0. The number of amides is 2. The number of para-hydroxylation sites is 2. The number of anilines is 2. The van der Waals surface area contributed by atoms with Crippen molar-refractivity contribution in [3.05, 3.63) is 109 Å². The molecule has 1 heterocycles. The molecule has 0 fully saturated rings. The van der Waals surface area contributed by atoms with Crippen molar-refractivity contribution in [2.45, 2.75) is 17.4 Å². The van der Waals surface area contributed by atoms with Crippen LogP contribution in [0.4, 0.5) is 16.4 Å². The van der Waals surface area contributed by atoms with Crippen molar-refractivity contribution in [3.63, 3.8) is 0 Å². The van der Waals surface area contributed by atoms with E-state index in [1.54, 1.807) is 66.7 Å². The Balaban J connectivity index is 1.33. The van der Waals surface area contributed by atoms with Crippen molar-refractivity contribution in [2.75, 3.05) is 10.6 Å². The predicted octanol–water partition coefficient (Wildman–Crippen LogP) is 4.79. The minimum atomic E-state index is -4.06. The summed E-state index contributed by atoms with van der Waals surface area (Å²) in [4.78, 5) is 30.2. The van der Waals surface area contributed by atoms with Gasteiger partial charge in [0.05, 0.1) is 17.4 Å². The summed E-state index contributed by atoms with van der Waals surface area (Å²) in [5.41, 5.74) is 4.03. The topological polar surface area (TPSA) is 155 Å². The minimum absolute atomic E-state index is 0.0122. The second-order valence-electron chi connectivity index (χ2n) is 9.04. The van der Waals surface area contributed by atoms with E-state index in [0.29, 0.717) is 28.3 Å². The lowest BCUT2D eigenvalue weighted by atomic mass is 10.1. The molecule has 5 rings (SSSR count). The Labute approximate surface area is 230 Å². The molecule has 10 nitrogen and oxygen atoms in total. The molecule has 0 saturated heterocycles. The number of fused-ring (bicyclic) bond motifs is 1. The van der Waals surface area contributed by atoms with Crippen LogP contribution in [0.1, 0.15) is 18.0 Å². The van der Waals surface area contributed by atoms with Gasteiger partial charge < -0.3 is 5.11 Å². The number of rotatable bonds is 9. The Kier molecular flexibility index (Phi) is 7.58. The first kappa shape index (κ1) is 26.6. The van der Waals surface area contributed by atoms with Crippen LogP contribution in [0.5, 0.6) is 0 Å². The molecule has 40 heavy (non-hydrogen) atoms. The third kappa shape index (κ3) is 6.34. The molecule has 6 N–H and O–H groups in total. The number of aromatic nitrogens is 2. The van der Waals surface area contributed by atoms with Crippen LogP contribution >= 0.6 is 0 Å². The molecule has 0 aliphatic heterocycles. The van der Waals surface area contributed by atoms with Gasteiger partial charge in [-0.3, -0.25) is 10.1 Å². The fourth-order valence-electron chi connectivity index (χ4n) is 4.30. The number of H-pyrrole nitrogens is 2. The van der Waals surface area contributed by atoms with Crippen molar-refractivity contribution in [1.82, 2.24) is 9.71 Å². The van der Waals surface area contributed by atoms with Gasteiger partial charge in [-0.2, -0.15) is 5.32 Å². The second kappa shape index (κ2) is 11.4. The van der Waals surface area contributed by atoms with Crippen LogP contribution in [-0.4, -0.2) is 30.5 Å². The van der Waals surface area contributed by atoms with Crippen molar-refractivity contribution in [1.29, 1.82) is 0 Å². The summed E-state index contributed by atoms with van der Waals surface area (Å²) >= 11 is 0. The molecule has 202 valence electrons. The molecule has 0 radical (unpaired) electrons. The van der Waals surface area contributed by atoms with Gasteiger partial charge in [0.25, 0.3) is 0 Å². The smallest absolute Gasteiger partial charge is 0.384 e. The molecule has 0 spiro atoms. The fourth-order valence-corrected chi connectivity index (χ4v) is 5.57. The van der Waals surface area contributed by atoms with E-state index in [1.807, 2.05) is 24.3 Å². The van der Waals surface area contributed by atoms with Gasteiger partial charge in [0, 0.05) is 5.69 Å². The first-order valence-electron chi connectivity index (χ1n) is 12.3. The summed E-state index contributed by atoms with van der Waals surface area (Å²) in [7, 11) is -4.06. The maximum atomic E-state index is 13.3. The van der Waals surface area contributed by atoms with Gasteiger partial charge in [-0.15, -0.1) is 0 Å². The number of hydrogen-bond donors (Lipinski definition) is 5. The first-order chi connectivity index (χ1) is 19.3. The fraction of sp³-hybridized carbons (Fsp3) is 0.0690. The molecule has 0 saturated carbocycles. The van der Waals surface area contributed by atoms with Crippen LogP contribution in [0, 0.1) is 0 Å². The number of carboxylic acid groups (broad SMARTS) is 1. The average Bonchev–Trinajstić information content (AvgIpc) is 3.35. The molecule has 0 bridgehead atoms. The van der Waals surface area contributed by atoms with Gasteiger partial charge in [-0.25, -0.2) is 27.9 Å². The van der Waals surface area contributed by atoms with E-state index in [9.17, 15) is 23.1 Å². The monoisotopic (exact) mass is 556 g/mol. The summed E-state index contributed by atoms with van der Waals surface area (Å²) in [5.74, 6) is -0.696. The minimum Gasteiger partial charge on any atom is -0.481 e. The molecular formula is C29H26N5O5S+. The number of aromatic amines is 2. The Bertz CT molecular complexity index is 1750. The lowest BCUT2D eigenvalue weighted by Crippen LogP contribution is -2.30. The molecule has 0 aliphatic rings. The first-order valence-corrected chi connectivity index (χ1v) is 13.8. The Morgan fingerprint density at radius 1 is 0.825 bits per heavy atom. The highest BCUT2D eigenvalue weighted by Crippen LogP contribution is 2.27. The largest absolute Gasteiger partial charge is 0.481 e. The van der Waals surface area contributed by atoms with E-state index in [2.05, 4.69) is 25.3 Å². The number of benzene rings is 4. The Hall–Kier alpha value is -5.00. The molecule has 5 aromatic rings.